The number of anilines is 1. The lowest BCUT2D eigenvalue weighted by atomic mass is 9.99. The largest absolute Gasteiger partial charge is 0.480 e. The van der Waals surface area contributed by atoms with Crippen LogP contribution in [0.25, 0.3) is 0 Å². The van der Waals surface area contributed by atoms with Crippen LogP contribution in [-0.2, 0) is 4.79 Å². The highest BCUT2D eigenvalue weighted by atomic mass is 16.6. The number of nitro groups is 1. The van der Waals surface area contributed by atoms with Gasteiger partial charge in [0.2, 0.25) is 0 Å². The summed E-state index contributed by atoms with van der Waals surface area (Å²) in [5.41, 5.74) is -0.0924. The number of carboxylic acids is 1. The van der Waals surface area contributed by atoms with Gasteiger partial charge >= 0.3 is 5.97 Å². The third-order valence-electron chi connectivity index (χ3n) is 3.12. The summed E-state index contributed by atoms with van der Waals surface area (Å²) >= 11 is 0. The first kappa shape index (κ1) is 15.4. The molecule has 0 saturated carbocycles. The Hall–Kier alpha value is -2.62. The molecule has 0 bridgehead atoms. The van der Waals surface area contributed by atoms with E-state index in [2.05, 4.69) is 5.32 Å². The molecule has 0 aliphatic rings. The molecule has 2 N–H and O–H groups in total. The van der Waals surface area contributed by atoms with E-state index in [1.807, 2.05) is 6.92 Å². The number of carboxylic acid groups (broad SMARTS) is 1. The zero-order valence-corrected chi connectivity index (χ0v) is 11.2. The fourth-order valence-electron chi connectivity index (χ4n) is 1.73. The topological polar surface area (TPSA) is 116 Å². The predicted octanol–water partition coefficient (Wildman–Crippen LogP) is 2.38. The highest BCUT2D eigenvalue weighted by molar-refractivity contribution is 5.78. The molecule has 0 fully saturated rings. The molecule has 0 radical (unpaired) electrons. The number of nitriles is 1. The van der Waals surface area contributed by atoms with E-state index in [4.69, 9.17) is 10.4 Å². The Morgan fingerprint density at radius 2 is 2.25 bits per heavy atom. The summed E-state index contributed by atoms with van der Waals surface area (Å²) in [5.74, 6) is -1.16. The molecule has 0 aliphatic carbocycles. The van der Waals surface area contributed by atoms with E-state index in [9.17, 15) is 14.9 Å². The maximum Gasteiger partial charge on any atom is 0.326 e. The van der Waals surface area contributed by atoms with Crippen LogP contribution in [0.3, 0.4) is 0 Å². The summed E-state index contributed by atoms with van der Waals surface area (Å²) in [6.45, 7) is 3.65. The second-order valence-electron chi connectivity index (χ2n) is 4.45. The molecular formula is C13H15N3O4. The summed E-state index contributed by atoms with van der Waals surface area (Å²) < 4.78 is 0. The van der Waals surface area contributed by atoms with Gasteiger partial charge in [0.25, 0.3) is 5.69 Å². The van der Waals surface area contributed by atoms with E-state index in [1.54, 1.807) is 13.0 Å². The SMILES string of the molecule is CC[C@H](C)[C@H](Nc1ccc(C#N)c([N+](=O)[O-])c1)C(=O)O. The monoisotopic (exact) mass is 277 g/mol. The van der Waals surface area contributed by atoms with Crippen molar-refractivity contribution in [3.8, 4) is 6.07 Å². The number of carbonyl (C=O) groups is 1. The van der Waals surface area contributed by atoms with Crippen LogP contribution in [0.4, 0.5) is 11.4 Å². The van der Waals surface area contributed by atoms with Gasteiger partial charge in [0.05, 0.1) is 4.92 Å². The smallest absolute Gasteiger partial charge is 0.326 e. The van der Waals surface area contributed by atoms with Crippen LogP contribution in [-0.4, -0.2) is 22.0 Å². The molecule has 0 spiro atoms. The maximum atomic E-state index is 11.2. The van der Waals surface area contributed by atoms with Gasteiger partial charge in [-0.05, 0) is 18.1 Å². The minimum atomic E-state index is -1.02. The Morgan fingerprint density at radius 3 is 2.70 bits per heavy atom. The van der Waals surface area contributed by atoms with Crippen molar-refractivity contribution in [2.45, 2.75) is 26.3 Å². The van der Waals surface area contributed by atoms with Crippen molar-refractivity contribution >= 4 is 17.3 Å². The number of nitrogens with one attached hydrogen (secondary N) is 1. The third kappa shape index (κ3) is 3.45. The van der Waals surface area contributed by atoms with Crippen LogP contribution in [0, 0.1) is 27.4 Å². The van der Waals surface area contributed by atoms with Crippen LogP contribution in [0.2, 0.25) is 0 Å². The quantitative estimate of drug-likeness (QED) is 0.609. The standard InChI is InChI=1S/C13H15N3O4/c1-3-8(2)12(13(17)18)15-10-5-4-9(7-14)11(6-10)16(19)20/h4-6,8,12,15H,3H2,1-2H3,(H,17,18)/t8-,12-/m0/s1. The fourth-order valence-corrected chi connectivity index (χ4v) is 1.73. The van der Waals surface area contributed by atoms with E-state index in [0.717, 1.165) is 0 Å². The van der Waals surface area contributed by atoms with Crippen LogP contribution in [0.5, 0.6) is 0 Å². The Kier molecular flexibility index (Phi) is 5.03. The van der Waals surface area contributed by atoms with Crippen molar-refractivity contribution in [3.63, 3.8) is 0 Å². The fraction of sp³-hybridized carbons (Fsp3) is 0.385. The second kappa shape index (κ2) is 6.52. The summed E-state index contributed by atoms with van der Waals surface area (Å²) in [6, 6.07) is 4.83. The summed E-state index contributed by atoms with van der Waals surface area (Å²) in [7, 11) is 0. The van der Waals surface area contributed by atoms with Gasteiger partial charge in [-0.15, -0.1) is 0 Å². The Labute approximate surface area is 116 Å². The van der Waals surface area contributed by atoms with Gasteiger partial charge < -0.3 is 10.4 Å². The molecule has 106 valence electrons. The van der Waals surface area contributed by atoms with Crippen LogP contribution in [0.15, 0.2) is 18.2 Å². The third-order valence-corrected chi connectivity index (χ3v) is 3.12. The van der Waals surface area contributed by atoms with Gasteiger partial charge in [0, 0.05) is 11.8 Å². The van der Waals surface area contributed by atoms with E-state index in [1.165, 1.54) is 18.2 Å². The van der Waals surface area contributed by atoms with Gasteiger partial charge in [-0.3, -0.25) is 10.1 Å². The lowest BCUT2D eigenvalue weighted by molar-refractivity contribution is -0.385. The highest BCUT2D eigenvalue weighted by Crippen LogP contribution is 2.24. The molecule has 0 aliphatic heterocycles. The average molecular weight is 277 g/mol. The molecule has 0 saturated heterocycles. The molecule has 7 heteroatoms. The number of hydrogen-bond donors (Lipinski definition) is 2. The summed E-state index contributed by atoms with van der Waals surface area (Å²) in [6.07, 6.45) is 0.655. The van der Waals surface area contributed by atoms with Crippen molar-refractivity contribution in [1.29, 1.82) is 5.26 Å². The molecule has 0 amide bonds. The van der Waals surface area contributed by atoms with Crippen molar-refractivity contribution in [3.05, 3.63) is 33.9 Å². The van der Waals surface area contributed by atoms with E-state index in [-0.39, 0.29) is 17.2 Å². The molecule has 7 nitrogen and oxygen atoms in total. The Bertz CT molecular complexity index is 565. The Balaban J connectivity index is 3.09. The summed E-state index contributed by atoms with van der Waals surface area (Å²) in [4.78, 5) is 21.4. The van der Waals surface area contributed by atoms with Crippen LogP contribution < -0.4 is 5.32 Å². The van der Waals surface area contributed by atoms with Gasteiger partial charge in [-0.25, -0.2) is 4.79 Å². The van der Waals surface area contributed by atoms with Crippen LogP contribution >= 0.6 is 0 Å². The predicted molar refractivity (Wildman–Crippen MR) is 72.3 cm³/mol. The molecule has 1 aromatic carbocycles. The molecule has 1 aromatic rings. The number of nitrogens with zero attached hydrogens (tertiary/aromatic N) is 2. The minimum absolute atomic E-state index is 0.0593. The highest BCUT2D eigenvalue weighted by Gasteiger charge is 2.24. The van der Waals surface area contributed by atoms with Crippen molar-refractivity contribution in [2.24, 2.45) is 5.92 Å². The van der Waals surface area contributed by atoms with Crippen molar-refractivity contribution in [1.82, 2.24) is 0 Å². The number of aliphatic carboxylic acids is 1. The first-order valence-corrected chi connectivity index (χ1v) is 6.08. The molecule has 20 heavy (non-hydrogen) atoms. The first-order valence-electron chi connectivity index (χ1n) is 6.08. The number of benzene rings is 1. The number of hydrogen-bond acceptors (Lipinski definition) is 5. The molecule has 2 atom stereocenters. The molecule has 0 aromatic heterocycles. The average Bonchev–Trinajstić information content (AvgIpc) is 2.43. The summed E-state index contributed by atoms with van der Waals surface area (Å²) in [5, 5.41) is 31.6. The minimum Gasteiger partial charge on any atom is -0.480 e. The molecule has 1 rings (SSSR count). The zero-order valence-electron chi connectivity index (χ0n) is 11.2. The zero-order chi connectivity index (χ0) is 15.3. The van der Waals surface area contributed by atoms with Crippen LogP contribution in [0.1, 0.15) is 25.8 Å². The Morgan fingerprint density at radius 1 is 1.60 bits per heavy atom. The normalized spacial score (nSPS) is 13.1. The number of rotatable bonds is 6. The lowest BCUT2D eigenvalue weighted by Gasteiger charge is -2.21. The second-order valence-corrected chi connectivity index (χ2v) is 4.45. The number of nitro benzene ring substituents is 1. The van der Waals surface area contributed by atoms with E-state index in [0.29, 0.717) is 12.1 Å². The van der Waals surface area contributed by atoms with Gasteiger partial charge in [-0.1, -0.05) is 20.3 Å². The molecule has 0 heterocycles. The van der Waals surface area contributed by atoms with Gasteiger partial charge in [0.1, 0.15) is 17.7 Å². The van der Waals surface area contributed by atoms with E-state index >= 15 is 0 Å². The van der Waals surface area contributed by atoms with Crippen molar-refractivity contribution in [2.75, 3.05) is 5.32 Å². The van der Waals surface area contributed by atoms with E-state index < -0.39 is 16.9 Å². The first-order chi connectivity index (χ1) is 9.40. The van der Waals surface area contributed by atoms with Gasteiger partial charge in [-0.2, -0.15) is 5.26 Å². The molecular weight excluding hydrogens is 262 g/mol. The maximum absolute atomic E-state index is 11.2. The molecule has 0 unspecified atom stereocenters. The van der Waals surface area contributed by atoms with Gasteiger partial charge in [0.15, 0.2) is 0 Å². The lowest BCUT2D eigenvalue weighted by Crippen LogP contribution is -2.35. The van der Waals surface area contributed by atoms with Crippen molar-refractivity contribution < 1.29 is 14.8 Å².